The third-order valence-corrected chi connectivity index (χ3v) is 5.43. The molecule has 0 saturated carbocycles. The summed E-state index contributed by atoms with van der Waals surface area (Å²) in [5, 5.41) is 0. The van der Waals surface area contributed by atoms with Gasteiger partial charge in [-0.05, 0) is 34.8 Å². The third kappa shape index (κ3) is 3.32. The Balaban J connectivity index is 2.26. The minimum atomic E-state index is -4.37. The summed E-state index contributed by atoms with van der Waals surface area (Å²) in [6.45, 7) is -0.431. The van der Waals surface area contributed by atoms with Crippen LogP contribution in [0.1, 0.15) is 12.8 Å². The van der Waals surface area contributed by atoms with Crippen LogP contribution in [0.25, 0.3) is 0 Å². The van der Waals surface area contributed by atoms with Crippen molar-refractivity contribution in [3.05, 3.63) is 22.9 Å². The highest BCUT2D eigenvalue weighted by Crippen LogP contribution is 2.35. The molecule has 112 valence electrons. The SMILES string of the molecule is O=S(=O)(c1cncc(Br)c1)N1CCCC(C(F)(F)F)C1. The molecule has 1 saturated heterocycles. The van der Waals surface area contributed by atoms with Gasteiger partial charge in [0.25, 0.3) is 0 Å². The van der Waals surface area contributed by atoms with Crippen LogP contribution in [0, 0.1) is 5.92 Å². The smallest absolute Gasteiger partial charge is 0.262 e. The molecule has 1 unspecified atom stereocenters. The molecule has 0 bridgehead atoms. The molecule has 2 rings (SSSR count). The summed E-state index contributed by atoms with van der Waals surface area (Å²) in [6, 6.07) is 1.33. The second kappa shape index (κ2) is 5.61. The Morgan fingerprint density at radius 3 is 2.65 bits per heavy atom. The lowest BCUT2D eigenvalue weighted by molar-refractivity contribution is -0.182. The van der Waals surface area contributed by atoms with Gasteiger partial charge in [-0.25, -0.2) is 8.42 Å². The first-order chi connectivity index (χ1) is 9.21. The molecular weight excluding hydrogens is 361 g/mol. The molecule has 0 amide bonds. The zero-order chi connectivity index (χ0) is 15.0. The van der Waals surface area contributed by atoms with Crippen LogP contribution < -0.4 is 0 Å². The molecule has 0 radical (unpaired) electrons. The minimum absolute atomic E-state index is 0.0355. The fourth-order valence-corrected chi connectivity index (χ4v) is 4.14. The lowest BCUT2D eigenvalue weighted by Crippen LogP contribution is -2.44. The minimum Gasteiger partial charge on any atom is -0.262 e. The van der Waals surface area contributed by atoms with E-state index in [0.717, 1.165) is 10.5 Å². The van der Waals surface area contributed by atoms with Crippen molar-refractivity contribution in [2.75, 3.05) is 13.1 Å². The van der Waals surface area contributed by atoms with Crippen molar-refractivity contribution in [3.63, 3.8) is 0 Å². The van der Waals surface area contributed by atoms with Crippen molar-refractivity contribution < 1.29 is 21.6 Å². The van der Waals surface area contributed by atoms with Gasteiger partial charge < -0.3 is 0 Å². The zero-order valence-electron chi connectivity index (χ0n) is 10.3. The van der Waals surface area contributed by atoms with Crippen LogP contribution in [-0.4, -0.2) is 37.0 Å². The maximum atomic E-state index is 12.7. The lowest BCUT2D eigenvalue weighted by Gasteiger charge is -2.32. The predicted octanol–water partition coefficient (Wildman–Crippen LogP) is 2.81. The van der Waals surface area contributed by atoms with Crippen molar-refractivity contribution >= 4 is 26.0 Å². The Morgan fingerprint density at radius 1 is 1.35 bits per heavy atom. The molecular formula is C11H12BrF3N2O2S. The van der Waals surface area contributed by atoms with E-state index >= 15 is 0 Å². The van der Waals surface area contributed by atoms with Crippen LogP contribution >= 0.6 is 15.9 Å². The van der Waals surface area contributed by atoms with E-state index in [1.165, 1.54) is 12.3 Å². The molecule has 0 spiro atoms. The van der Waals surface area contributed by atoms with Gasteiger partial charge in [0.1, 0.15) is 4.90 Å². The molecule has 1 atom stereocenters. The van der Waals surface area contributed by atoms with E-state index in [1.54, 1.807) is 0 Å². The topological polar surface area (TPSA) is 50.3 Å². The van der Waals surface area contributed by atoms with Gasteiger partial charge in [0, 0.05) is 30.0 Å². The summed E-state index contributed by atoms with van der Waals surface area (Å²) < 4.78 is 64.2. The Bertz CT molecular complexity index is 592. The second-order valence-corrected chi connectivity index (χ2v) is 7.44. The Morgan fingerprint density at radius 2 is 2.05 bits per heavy atom. The van der Waals surface area contributed by atoms with Gasteiger partial charge in [-0.1, -0.05) is 0 Å². The van der Waals surface area contributed by atoms with E-state index in [9.17, 15) is 21.6 Å². The first kappa shape index (κ1) is 15.7. The maximum absolute atomic E-state index is 12.7. The van der Waals surface area contributed by atoms with Crippen LogP contribution in [0.3, 0.4) is 0 Å². The standard InChI is InChI=1S/C11H12BrF3N2O2S/c12-9-4-10(6-16-5-9)20(18,19)17-3-1-2-8(7-17)11(13,14)15/h4-6,8H,1-3,7H2. The van der Waals surface area contributed by atoms with Crippen molar-refractivity contribution in [1.82, 2.24) is 9.29 Å². The van der Waals surface area contributed by atoms with E-state index in [2.05, 4.69) is 20.9 Å². The Kier molecular flexibility index (Phi) is 4.41. The molecule has 1 fully saturated rings. The second-order valence-electron chi connectivity index (χ2n) is 4.58. The Labute approximate surface area is 123 Å². The van der Waals surface area contributed by atoms with E-state index in [4.69, 9.17) is 0 Å². The normalized spacial score (nSPS) is 21.9. The Hall–Kier alpha value is -0.670. The van der Waals surface area contributed by atoms with Gasteiger partial charge in [0.15, 0.2) is 0 Å². The number of rotatable bonds is 2. The number of aromatic nitrogens is 1. The van der Waals surface area contributed by atoms with Crippen molar-refractivity contribution in [3.8, 4) is 0 Å². The van der Waals surface area contributed by atoms with Crippen LogP contribution in [-0.2, 0) is 10.0 Å². The summed E-state index contributed by atoms with van der Waals surface area (Å²) in [5.41, 5.74) is 0. The molecule has 0 aliphatic carbocycles. The van der Waals surface area contributed by atoms with Crippen molar-refractivity contribution in [2.45, 2.75) is 23.9 Å². The first-order valence-corrected chi connectivity index (χ1v) is 8.12. The quantitative estimate of drug-likeness (QED) is 0.801. The number of hydrogen-bond acceptors (Lipinski definition) is 3. The fourth-order valence-electron chi connectivity index (χ4n) is 2.11. The summed E-state index contributed by atoms with van der Waals surface area (Å²) in [6.07, 6.45) is -1.66. The monoisotopic (exact) mass is 372 g/mol. The largest absolute Gasteiger partial charge is 0.393 e. The molecule has 1 aliphatic heterocycles. The van der Waals surface area contributed by atoms with E-state index in [0.29, 0.717) is 4.47 Å². The molecule has 20 heavy (non-hydrogen) atoms. The number of hydrogen-bond donors (Lipinski definition) is 0. The molecule has 1 aliphatic rings. The third-order valence-electron chi connectivity index (χ3n) is 3.16. The van der Waals surface area contributed by atoms with Gasteiger partial charge in [0.2, 0.25) is 10.0 Å². The highest BCUT2D eigenvalue weighted by Gasteiger charge is 2.44. The number of pyridine rings is 1. The van der Waals surface area contributed by atoms with Gasteiger partial charge in [-0.3, -0.25) is 4.98 Å². The molecule has 2 heterocycles. The van der Waals surface area contributed by atoms with Crippen LogP contribution in [0.15, 0.2) is 27.8 Å². The van der Waals surface area contributed by atoms with Gasteiger partial charge in [-0.15, -0.1) is 0 Å². The van der Waals surface area contributed by atoms with Crippen LogP contribution in [0.2, 0.25) is 0 Å². The summed E-state index contributed by atoms with van der Waals surface area (Å²) in [4.78, 5) is 3.64. The summed E-state index contributed by atoms with van der Waals surface area (Å²) >= 11 is 3.10. The molecule has 0 N–H and O–H groups in total. The maximum Gasteiger partial charge on any atom is 0.393 e. The van der Waals surface area contributed by atoms with Gasteiger partial charge >= 0.3 is 6.18 Å². The molecule has 9 heteroatoms. The van der Waals surface area contributed by atoms with Gasteiger partial charge in [-0.2, -0.15) is 17.5 Å². The average Bonchev–Trinajstić information content (AvgIpc) is 2.38. The highest BCUT2D eigenvalue weighted by molar-refractivity contribution is 9.10. The number of piperidine rings is 1. The molecule has 0 aromatic carbocycles. The number of nitrogens with zero attached hydrogens (tertiary/aromatic N) is 2. The molecule has 1 aromatic heterocycles. The molecule has 4 nitrogen and oxygen atoms in total. The highest BCUT2D eigenvalue weighted by atomic mass is 79.9. The average molecular weight is 373 g/mol. The first-order valence-electron chi connectivity index (χ1n) is 5.88. The van der Waals surface area contributed by atoms with Crippen molar-refractivity contribution in [1.29, 1.82) is 0 Å². The number of sulfonamides is 1. The van der Waals surface area contributed by atoms with Crippen LogP contribution in [0.5, 0.6) is 0 Å². The number of alkyl halides is 3. The van der Waals surface area contributed by atoms with Gasteiger partial charge in [0.05, 0.1) is 5.92 Å². The van der Waals surface area contributed by atoms with E-state index in [-0.39, 0.29) is 24.3 Å². The number of halogens is 4. The fraction of sp³-hybridized carbons (Fsp3) is 0.545. The molecule has 1 aromatic rings. The predicted molar refractivity (Wildman–Crippen MR) is 69.5 cm³/mol. The lowest BCUT2D eigenvalue weighted by atomic mass is 9.99. The summed E-state index contributed by atoms with van der Waals surface area (Å²) in [7, 11) is -3.94. The van der Waals surface area contributed by atoms with E-state index in [1.807, 2.05) is 0 Å². The van der Waals surface area contributed by atoms with Crippen molar-refractivity contribution in [2.24, 2.45) is 5.92 Å². The zero-order valence-corrected chi connectivity index (χ0v) is 12.7. The van der Waals surface area contributed by atoms with E-state index < -0.39 is 28.7 Å². The van der Waals surface area contributed by atoms with Crippen LogP contribution in [0.4, 0.5) is 13.2 Å². The summed E-state index contributed by atoms with van der Waals surface area (Å²) in [5.74, 6) is -1.61.